The second-order valence-corrected chi connectivity index (χ2v) is 10.4. The van der Waals surface area contributed by atoms with Crippen molar-refractivity contribution in [2.75, 3.05) is 26.2 Å². The first-order valence-electron chi connectivity index (χ1n) is 10.5. The molecule has 0 radical (unpaired) electrons. The molecular weight excluding hydrogens is 379 g/mol. The van der Waals surface area contributed by atoms with Crippen LogP contribution in [0.15, 0.2) is 29.2 Å². The highest BCUT2D eigenvalue weighted by molar-refractivity contribution is 7.89. The molecule has 2 aliphatic heterocycles. The van der Waals surface area contributed by atoms with Crippen molar-refractivity contribution in [1.82, 2.24) is 9.21 Å². The van der Waals surface area contributed by atoms with E-state index in [1.54, 1.807) is 0 Å². The molecule has 4 rings (SSSR count). The number of amides is 1. The van der Waals surface area contributed by atoms with Gasteiger partial charge in [0.1, 0.15) is 5.82 Å². The molecule has 2 heterocycles. The number of piperidine rings is 2. The quantitative estimate of drug-likeness (QED) is 0.771. The van der Waals surface area contributed by atoms with Crippen molar-refractivity contribution >= 4 is 15.9 Å². The van der Waals surface area contributed by atoms with Crippen LogP contribution in [-0.2, 0) is 14.8 Å². The van der Waals surface area contributed by atoms with Gasteiger partial charge in [0.05, 0.1) is 4.90 Å². The minimum atomic E-state index is -3.63. The third-order valence-electron chi connectivity index (χ3n) is 6.86. The predicted molar refractivity (Wildman–Crippen MR) is 105 cm³/mol. The Morgan fingerprint density at radius 2 is 1.54 bits per heavy atom. The minimum Gasteiger partial charge on any atom is -0.342 e. The molecule has 0 bridgehead atoms. The minimum absolute atomic E-state index is 0.0835. The van der Waals surface area contributed by atoms with Crippen LogP contribution in [-0.4, -0.2) is 49.7 Å². The monoisotopic (exact) mass is 408 g/mol. The summed E-state index contributed by atoms with van der Waals surface area (Å²) in [5.41, 5.74) is 0. The zero-order valence-electron chi connectivity index (χ0n) is 16.2. The Morgan fingerprint density at radius 3 is 2.21 bits per heavy atom. The van der Waals surface area contributed by atoms with E-state index in [1.807, 2.05) is 4.90 Å². The van der Waals surface area contributed by atoms with E-state index in [0.29, 0.717) is 31.8 Å². The number of halogens is 1. The zero-order valence-corrected chi connectivity index (χ0v) is 17.0. The van der Waals surface area contributed by atoms with Gasteiger partial charge in [0.2, 0.25) is 15.9 Å². The van der Waals surface area contributed by atoms with Gasteiger partial charge in [0, 0.05) is 32.1 Å². The molecule has 0 unspecified atom stereocenters. The number of hydrogen-bond acceptors (Lipinski definition) is 3. The van der Waals surface area contributed by atoms with E-state index in [1.165, 1.54) is 42.1 Å². The van der Waals surface area contributed by atoms with Crippen molar-refractivity contribution in [3.8, 4) is 0 Å². The Hall–Kier alpha value is -1.47. The maximum Gasteiger partial charge on any atom is 0.243 e. The number of benzene rings is 1. The number of sulfonamides is 1. The number of nitrogens with zero attached hydrogens (tertiary/aromatic N) is 2. The predicted octanol–water partition coefficient (Wildman–Crippen LogP) is 3.27. The SMILES string of the molecule is O=C(C1CCN(S(=O)(=O)c2ccc(F)cc2)CC1)N1CC[C@H]2CCCC[C@H]2C1. The van der Waals surface area contributed by atoms with Crippen LogP contribution in [0.2, 0.25) is 0 Å². The van der Waals surface area contributed by atoms with Crippen molar-refractivity contribution in [2.24, 2.45) is 17.8 Å². The van der Waals surface area contributed by atoms with Crippen LogP contribution < -0.4 is 0 Å². The van der Waals surface area contributed by atoms with Crippen LogP contribution in [0.25, 0.3) is 0 Å². The molecule has 1 amide bonds. The summed E-state index contributed by atoms with van der Waals surface area (Å²) in [5, 5.41) is 0. The summed E-state index contributed by atoms with van der Waals surface area (Å²) in [6.45, 7) is 2.43. The smallest absolute Gasteiger partial charge is 0.243 e. The lowest BCUT2D eigenvalue weighted by Gasteiger charge is -2.43. The lowest BCUT2D eigenvalue weighted by molar-refractivity contribution is -0.139. The molecule has 154 valence electrons. The largest absolute Gasteiger partial charge is 0.342 e. The molecule has 1 aromatic rings. The molecule has 7 heteroatoms. The number of likely N-dealkylation sites (tertiary alicyclic amines) is 1. The van der Waals surface area contributed by atoms with E-state index in [9.17, 15) is 17.6 Å². The first kappa shape index (κ1) is 19.8. The van der Waals surface area contributed by atoms with Crippen molar-refractivity contribution < 1.29 is 17.6 Å². The molecule has 0 spiro atoms. The highest BCUT2D eigenvalue weighted by Gasteiger charge is 2.37. The standard InChI is InChI=1S/C21H29FN2O3S/c22-19-5-7-20(8-6-19)28(26,27)24-13-10-17(11-14-24)21(25)23-12-9-16-3-1-2-4-18(16)15-23/h5-8,16-18H,1-4,9-15H2/t16-,18+/m1/s1. The van der Waals surface area contributed by atoms with Crippen LogP contribution in [0.3, 0.4) is 0 Å². The van der Waals surface area contributed by atoms with Gasteiger partial charge in [0.25, 0.3) is 0 Å². The van der Waals surface area contributed by atoms with Gasteiger partial charge in [-0.05, 0) is 61.8 Å². The summed E-state index contributed by atoms with van der Waals surface area (Å²) in [5.74, 6) is 1.12. The van der Waals surface area contributed by atoms with Crippen LogP contribution in [0.1, 0.15) is 44.9 Å². The fraction of sp³-hybridized carbons (Fsp3) is 0.667. The Balaban J connectivity index is 1.34. The van der Waals surface area contributed by atoms with Crippen LogP contribution >= 0.6 is 0 Å². The first-order chi connectivity index (χ1) is 13.4. The van der Waals surface area contributed by atoms with E-state index >= 15 is 0 Å². The first-order valence-corrected chi connectivity index (χ1v) is 11.9. The summed E-state index contributed by atoms with van der Waals surface area (Å²) in [6.07, 6.45) is 7.40. The maximum atomic E-state index is 13.1. The molecule has 28 heavy (non-hydrogen) atoms. The lowest BCUT2D eigenvalue weighted by atomic mass is 9.75. The van der Waals surface area contributed by atoms with Gasteiger partial charge in [-0.3, -0.25) is 4.79 Å². The molecule has 1 saturated carbocycles. The average molecular weight is 409 g/mol. The molecule has 3 aliphatic rings. The Kier molecular flexibility index (Phi) is 5.74. The van der Waals surface area contributed by atoms with Gasteiger partial charge in [-0.25, -0.2) is 12.8 Å². The van der Waals surface area contributed by atoms with Gasteiger partial charge >= 0.3 is 0 Å². The Bertz CT molecular complexity index is 803. The molecular formula is C21H29FN2O3S. The normalized spacial score (nSPS) is 27.4. The fourth-order valence-corrected chi connectivity index (χ4v) is 6.63. The van der Waals surface area contributed by atoms with E-state index in [0.717, 1.165) is 37.6 Å². The van der Waals surface area contributed by atoms with E-state index in [2.05, 4.69) is 0 Å². The van der Waals surface area contributed by atoms with Gasteiger partial charge in [-0.2, -0.15) is 4.31 Å². The third-order valence-corrected chi connectivity index (χ3v) is 8.77. The molecule has 5 nitrogen and oxygen atoms in total. The summed E-state index contributed by atoms with van der Waals surface area (Å²) in [6, 6.07) is 4.93. The number of rotatable bonds is 3. The van der Waals surface area contributed by atoms with Gasteiger partial charge in [-0.15, -0.1) is 0 Å². The molecule has 2 atom stereocenters. The fourth-order valence-electron chi connectivity index (χ4n) is 5.16. The van der Waals surface area contributed by atoms with Crippen LogP contribution in [0, 0.1) is 23.6 Å². The number of fused-ring (bicyclic) bond motifs is 1. The molecule has 1 aromatic carbocycles. The summed E-state index contributed by atoms with van der Waals surface area (Å²) in [4.78, 5) is 15.2. The van der Waals surface area contributed by atoms with Gasteiger partial charge in [-0.1, -0.05) is 19.3 Å². The lowest BCUT2D eigenvalue weighted by Crippen LogP contribution is -2.49. The molecule has 2 saturated heterocycles. The van der Waals surface area contributed by atoms with E-state index in [-0.39, 0.29) is 16.7 Å². The average Bonchev–Trinajstić information content (AvgIpc) is 2.73. The topological polar surface area (TPSA) is 57.7 Å². The summed E-state index contributed by atoms with van der Waals surface area (Å²) < 4.78 is 40.0. The van der Waals surface area contributed by atoms with Crippen molar-refractivity contribution in [2.45, 2.75) is 49.8 Å². The summed E-state index contributed by atoms with van der Waals surface area (Å²) in [7, 11) is -3.63. The zero-order chi connectivity index (χ0) is 19.7. The number of carbonyl (C=O) groups is 1. The van der Waals surface area contributed by atoms with Crippen molar-refractivity contribution in [1.29, 1.82) is 0 Å². The molecule has 0 N–H and O–H groups in total. The number of hydrogen-bond donors (Lipinski definition) is 0. The van der Waals surface area contributed by atoms with E-state index in [4.69, 9.17) is 0 Å². The Morgan fingerprint density at radius 1 is 0.893 bits per heavy atom. The molecule has 1 aliphatic carbocycles. The van der Waals surface area contributed by atoms with Gasteiger partial charge < -0.3 is 4.90 Å². The Labute approximate surface area is 166 Å². The molecule has 0 aromatic heterocycles. The number of carbonyl (C=O) groups excluding carboxylic acids is 1. The van der Waals surface area contributed by atoms with Crippen molar-refractivity contribution in [3.63, 3.8) is 0 Å². The second kappa shape index (κ2) is 8.11. The van der Waals surface area contributed by atoms with Gasteiger partial charge in [0.15, 0.2) is 0 Å². The maximum absolute atomic E-state index is 13.1. The highest BCUT2D eigenvalue weighted by Crippen LogP contribution is 2.37. The second-order valence-electron chi connectivity index (χ2n) is 8.51. The van der Waals surface area contributed by atoms with Crippen LogP contribution in [0.4, 0.5) is 4.39 Å². The molecule has 3 fully saturated rings. The highest BCUT2D eigenvalue weighted by atomic mass is 32.2. The van der Waals surface area contributed by atoms with Crippen LogP contribution in [0.5, 0.6) is 0 Å². The van der Waals surface area contributed by atoms with E-state index < -0.39 is 15.8 Å². The third kappa shape index (κ3) is 3.96. The van der Waals surface area contributed by atoms with Crippen molar-refractivity contribution in [3.05, 3.63) is 30.1 Å². The summed E-state index contributed by atoms with van der Waals surface area (Å²) >= 11 is 0.